The molecule has 1 amide bonds. The van der Waals surface area contributed by atoms with Crippen LogP contribution >= 0.6 is 0 Å². The number of nitrogens with zero attached hydrogens (tertiary/aromatic N) is 2. The second kappa shape index (κ2) is 7.06. The predicted octanol–water partition coefficient (Wildman–Crippen LogP) is 1.89. The Kier molecular flexibility index (Phi) is 5.14. The molecule has 1 fully saturated rings. The summed E-state index contributed by atoms with van der Waals surface area (Å²) in [4.78, 5) is 28.9. The molecule has 0 radical (unpaired) electrons. The Labute approximate surface area is 124 Å². The van der Waals surface area contributed by atoms with Gasteiger partial charge in [-0.05, 0) is 37.3 Å². The van der Waals surface area contributed by atoms with Crippen LogP contribution in [0.2, 0.25) is 0 Å². The maximum atomic E-state index is 11.5. The maximum Gasteiger partial charge on any atom is 0.409 e. The number of likely N-dealkylation sites (tertiary alicyclic amines) is 1. The van der Waals surface area contributed by atoms with E-state index in [1.807, 2.05) is 0 Å². The number of piperidine rings is 1. The standard InChI is InChI=1S/C15H20N2O4/c1-20-14(18)12-3-6-16-13(10-12)9-11-4-7-17(8-5-11)15(19)21-2/h3,6,10-11H,4-5,7-9H2,1-2H3. The third-order valence-electron chi connectivity index (χ3n) is 3.78. The van der Waals surface area contributed by atoms with Gasteiger partial charge in [0, 0.05) is 25.0 Å². The Morgan fingerprint density at radius 3 is 2.62 bits per heavy atom. The molecular weight excluding hydrogens is 272 g/mol. The second-order valence-electron chi connectivity index (χ2n) is 5.13. The predicted molar refractivity (Wildman–Crippen MR) is 76.0 cm³/mol. The number of esters is 1. The van der Waals surface area contributed by atoms with Gasteiger partial charge >= 0.3 is 12.1 Å². The fraction of sp³-hybridized carbons (Fsp3) is 0.533. The molecule has 2 rings (SSSR count). The number of aromatic nitrogens is 1. The first-order valence-corrected chi connectivity index (χ1v) is 7.00. The van der Waals surface area contributed by atoms with Crippen LogP contribution in [0.5, 0.6) is 0 Å². The van der Waals surface area contributed by atoms with Crippen LogP contribution in [0.4, 0.5) is 4.79 Å². The number of methoxy groups -OCH3 is 2. The zero-order valence-electron chi connectivity index (χ0n) is 12.4. The molecule has 6 heteroatoms. The Morgan fingerprint density at radius 1 is 1.29 bits per heavy atom. The van der Waals surface area contributed by atoms with Crippen molar-refractivity contribution in [2.24, 2.45) is 5.92 Å². The number of carbonyl (C=O) groups is 2. The molecule has 0 N–H and O–H groups in total. The lowest BCUT2D eigenvalue weighted by atomic mass is 9.92. The molecule has 2 heterocycles. The molecule has 0 spiro atoms. The van der Waals surface area contributed by atoms with Crippen molar-refractivity contribution in [2.45, 2.75) is 19.3 Å². The van der Waals surface area contributed by atoms with E-state index in [1.165, 1.54) is 14.2 Å². The summed E-state index contributed by atoms with van der Waals surface area (Å²) < 4.78 is 9.43. The summed E-state index contributed by atoms with van der Waals surface area (Å²) in [5.41, 5.74) is 1.41. The van der Waals surface area contributed by atoms with E-state index in [2.05, 4.69) is 4.98 Å². The molecule has 1 aromatic heterocycles. The molecule has 21 heavy (non-hydrogen) atoms. The van der Waals surface area contributed by atoms with Crippen molar-refractivity contribution in [1.82, 2.24) is 9.88 Å². The molecule has 0 unspecified atom stereocenters. The molecule has 0 aromatic carbocycles. The van der Waals surface area contributed by atoms with Gasteiger partial charge in [-0.25, -0.2) is 9.59 Å². The van der Waals surface area contributed by atoms with Crippen LogP contribution in [-0.2, 0) is 15.9 Å². The van der Waals surface area contributed by atoms with E-state index in [1.54, 1.807) is 23.2 Å². The average Bonchev–Trinajstić information content (AvgIpc) is 2.54. The molecule has 0 saturated carbocycles. The lowest BCUT2D eigenvalue weighted by molar-refractivity contribution is 0.0600. The molecule has 1 aliphatic rings. The SMILES string of the molecule is COC(=O)c1ccnc(CC2CCN(C(=O)OC)CC2)c1. The Hall–Kier alpha value is -2.11. The minimum Gasteiger partial charge on any atom is -0.465 e. The van der Waals surface area contributed by atoms with E-state index in [9.17, 15) is 9.59 Å². The van der Waals surface area contributed by atoms with Crippen molar-refractivity contribution in [3.8, 4) is 0 Å². The topological polar surface area (TPSA) is 68.7 Å². The minimum atomic E-state index is -0.348. The van der Waals surface area contributed by atoms with Gasteiger partial charge in [0.2, 0.25) is 0 Å². The smallest absolute Gasteiger partial charge is 0.409 e. The lowest BCUT2D eigenvalue weighted by Crippen LogP contribution is -2.38. The van der Waals surface area contributed by atoms with Gasteiger partial charge in [-0.2, -0.15) is 0 Å². The summed E-state index contributed by atoms with van der Waals surface area (Å²) in [5, 5.41) is 0. The van der Waals surface area contributed by atoms with Crippen LogP contribution in [0, 0.1) is 5.92 Å². The highest BCUT2D eigenvalue weighted by Gasteiger charge is 2.23. The fourth-order valence-corrected chi connectivity index (χ4v) is 2.58. The maximum absolute atomic E-state index is 11.5. The number of rotatable bonds is 3. The third-order valence-corrected chi connectivity index (χ3v) is 3.78. The third kappa shape index (κ3) is 3.93. The van der Waals surface area contributed by atoms with E-state index in [0.717, 1.165) is 25.0 Å². The van der Waals surface area contributed by atoms with E-state index in [-0.39, 0.29) is 12.1 Å². The van der Waals surface area contributed by atoms with Crippen LogP contribution in [-0.4, -0.2) is 49.3 Å². The van der Waals surface area contributed by atoms with E-state index in [0.29, 0.717) is 24.6 Å². The highest BCUT2D eigenvalue weighted by Crippen LogP contribution is 2.21. The molecular formula is C15H20N2O4. The lowest BCUT2D eigenvalue weighted by Gasteiger charge is -2.30. The summed E-state index contributed by atoms with van der Waals surface area (Å²) in [7, 11) is 2.77. The molecule has 1 aromatic rings. The molecule has 114 valence electrons. The number of amides is 1. The number of ether oxygens (including phenoxy) is 2. The average molecular weight is 292 g/mol. The first kappa shape index (κ1) is 15.3. The summed E-state index contributed by atoms with van der Waals surface area (Å²) in [6.07, 6.45) is 4.00. The van der Waals surface area contributed by atoms with Crippen molar-refractivity contribution in [3.63, 3.8) is 0 Å². The Balaban J connectivity index is 1.92. The van der Waals surface area contributed by atoms with Crippen LogP contribution < -0.4 is 0 Å². The zero-order chi connectivity index (χ0) is 15.2. The molecule has 1 saturated heterocycles. The quantitative estimate of drug-likeness (QED) is 0.796. The normalized spacial score (nSPS) is 15.6. The van der Waals surface area contributed by atoms with Gasteiger partial charge in [-0.15, -0.1) is 0 Å². The summed E-state index contributed by atoms with van der Waals surface area (Å²) in [6, 6.07) is 3.42. The van der Waals surface area contributed by atoms with Crippen molar-refractivity contribution < 1.29 is 19.1 Å². The second-order valence-corrected chi connectivity index (χ2v) is 5.13. The highest BCUT2D eigenvalue weighted by molar-refractivity contribution is 5.89. The fourth-order valence-electron chi connectivity index (χ4n) is 2.58. The van der Waals surface area contributed by atoms with E-state index < -0.39 is 0 Å². The largest absolute Gasteiger partial charge is 0.465 e. The van der Waals surface area contributed by atoms with E-state index in [4.69, 9.17) is 9.47 Å². The molecule has 0 bridgehead atoms. The van der Waals surface area contributed by atoms with Gasteiger partial charge < -0.3 is 14.4 Å². The van der Waals surface area contributed by atoms with Gasteiger partial charge in [-0.3, -0.25) is 4.98 Å². The monoisotopic (exact) mass is 292 g/mol. The number of pyridine rings is 1. The van der Waals surface area contributed by atoms with Crippen molar-refractivity contribution >= 4 is 12.1 Å². The molecule has 6 nitrogen and oxygen atoms in total. The zero-order valence-corrected chi connectivity index (χ0v) is 12.4. The first-order valence-electron chi connectivity index (χ1n) is 7.00. The van der Waals surface area contributed by atoms with Crippen LogP contribution in [0.25, 0.3) is 0 Å². The van der Waals surface area contributed by atoms with Crippen molar-refractivity contribution in [2.75, 3.05) is 27.3 Å². The van der Waals surface area contributed by atoms with Gasteiger partial charge in [0.25, 0.3) is 0 Å². The number of hydrogen-bond acceptors (Lipinski definition) is 5. The number of carbonyl (C=O) groups excluding carboxylic acids is 2. The molecule has 1 aliphatic heterocycles. The molecule has 0 atom stereocenters. The highest BCUT2D eigenvalue weighted by atomic mass is 16.5. The summed E-state index contributed by atoms with van der Waals surface area (Å²) in [6.45, 7) is 1.40. The Morgan fingerprint density at radius 2 is 2.00 bits per heavy atom. The first-order chi connectivity index (χ1) is 10.1. The number of hydrogen-bond donors (Lipinski definition) is 0. The van der Waals surface area contributed by atoms with Gasteiger partial charge in [-0.1, -0.05) is 0 Å². The van der Waals surface area contributed by atoms with Gasteiger partial charge in [0.1, 0.15) is 0 Å². The summed E-state index contributed by atoms with van der Waals surface area (Å²) in [5.74, 6) is 0.116. The van der Waals surface area contributed by atoms with Gasteiger partial charge in [0.15, 0.2) is 0 Å². The van der Waals surface area contributed by atoms with Crippen LogP contribution in [0.15, 0.2) is 18.3 Å². The van der Waals surface area contributed by atoms with Crippen LogP contribution in [0.3, 0.4) is 0 Å². The Bertz CT molecular complexity index is 510. The van der Waals surface area contributed by atoms with Gasteiger partial charge in [0.05, 0.1) is 19.8 Å². The molecule has 0 aliphatic carbocycles. The van der Waals surface area contributed by atoms with Crippen molar-refractivity contribution in [3.05, 3.63) is 29.6 Å². The summed E-state index contributed by atoms with van der Waals surface area (Å²) >= 11 is 0. The minimum absolute atomic E-state index is 0.265. The van der Waals surface area contributed by atoms with Crippen LogP contribution in [0.1, 0.15) is 28.9 Å². The van der Waals surface area contributed by atoms with E-state index >= 15 is 0 Å². The van der Waals surface area contributed by atoms with Crippen molar-refractivity contribution in [1.29, 1.82) is 0 Å².